The highest BCUT2D eigenvalue weighted by atomic mass is 19.3. The van der Waals surface area contributed by atoms with E-state index >= 15 is 0 Å². The fourth-order valence-electron chi connectivity index (χ4n) is 1.41. The fraction of sp³-hybridized carbons (Fsp3) is 0.455. The van der Waals surface area contributed by atoms with Crippen molar-refractivity contribution in [3.05, 3.63) is 24.3 Å². The molecule has 1 atom stereocenters. The van der Waals surface area contributed by atoms with Gasteiger partial charge in [0, 0.05) is 0 Å². The van der Waals surface area contributed by atoms with Gasteiger partial charge in [-0.3, -0.25) is 0 Å². The Morgan fingerprint density at radius 2 is 1.94 bits per heavy atom. The molecular weight excluding hydrogens is 256 g/mol. The minimum atomic E-state index is -4.47. The molecule has 0 amide bonds. The molecule has 0 bridgehead atoms. The maximum absolute atomic E-state index is 12.5. The Labute approximate surface area is 100 Å². The quantitative estimate of drug-likeness (QED) is 0.784. The van der Waals surface area contributed by atoms with Crippen LogP contribution in [-0.2, 0) is 4.74 Å². The van der Waals surface area contributed by atoms with E-state index in [-0.39, 0.29) is 6.61 Å². The summed E-state index contributed by atoms with van der Waals surface area (Å²) >= 11 is 0. The Morgan fingerprint density at radius 1 is 1.28 bits per heavy atom. The number of alkyl halides is 4. The Kier molecular flexibility index (Phi) is 3.60. The summed E-state index contributed by atoms with van der Waals surface area (Å²) in [5.41, 5.74) is 0. The predicted molar refractivity (Wildman–Crippen MR) is 53.3 cm³/mol. The van der Waals surface area contributed by atoms with Crippen LogP contribution in [0.5, 0.6) is 11.5 Å². The maximum Gasteiger partial charge on any atom is 0.416 e. The van der Waals surface area contributed by atoms with Gasteiger partial charge in [0.25, 0.3) is 0 Å². The Hall–Kier alpha value is -1.50. The highest BCUT2D eigenvalue weighted by Crippen LogP contribution is 2.32. The van der Waals surface area contributed by atoms with Gasteiger partial charge in [-0.15, -0.1) is 0 Å². The van der Waals surface area contributed by atoms with Crippen LogP contribution >= 0.6 is 0 Å². The van der Waals surface area contributed by atoms with Crippen molar-refractivity contribution in [2.45, 2.75) is 18.6 Å². The summed E-state index contributed by atoms with van der Waals surface area (Å²) in [7, 11) is 0. The third-order valence-corrected chi connectivity index (χ3v) is 2.28. The first-order chi connectivity index (χ1) is 8.49. The fourth-order valence-corrected chi connectivity index (χ4v) is 1.41. The molecule has 1 heterocycles. The lowest BCUT2D eigenvalue weighted by Gasteiger charge is -2.27. The zero-order valence-electron chi connectivity index (χ0n) is 9.11. The topological polar surface area (TPSA) is 27.7 Å². The van der Waals surface area contributed by atoms with E-state index in [0.29, 0.717) is 11.5 Å². The van der Waals surface area contributed by atoms with Gasteiger partial charge in [0.1, 0.15) is 6.61 Å². The van der Waals surface area contributed by atoms with E-state index in [9.17, 15) is 17.6 Å². The van der Waals surface area contributed by atoms with Gasteiger partial charge in [0.15, 0.2) is 17.6 Å². The third kappa shape index (κ3) is 2.84. The van der Waals surface area contributed by atoms with Gasteiger partial charge < -0.3 is 14.2 Å². The van der Waals surface area contributed by atoms with Gasteiger partial charge in [0.2, 0.25) is 0 Å². The summed E-state index contributed by atoms with van der Waals surface area (Å²) in [4.78, 5) is 0. The molecule has 7 heteroatoms. The maximum atomic E-state index is 12.5. The lowest BCUT2D eigenvalue weighted by molar-refractivity contribution is -0.306. The molecule has 1 aromatic rings. The first-order valence-corrected chi connectivity index (χ1v) is 5.17. The molecular formula is C11H10F4O3. The van der Waals surface area contributed by atoms with Crippen molar-refractivity contribution in [3.8, 4) is 11.5 Å². The van der Waals surface area contributed by atoms with Crippen LogP contribution in [0.25, 0.3) is 0 Å². The van der Waals surface area contributed by atoms with E-state index in [1.165, 1.54) is 0 Å². The van der Waals surface area contributed by atoms with Crippen molar-refractivity contribution in [2.75, 3.05) is 13.2 Å². The van der Waals surface area contributed by atoms with E-state index in [1.54, 1.807) is 24.3 Å². The first-order valence-electron chi connectivity index (χ1n) is 5.17. The summed E-state index contributed by atoms with van der Waals surface area (Å²) in [6.45, 7) is -0.706. The van der Waals surface area contributed by atoms with Crippen molar-refractivity contribution in [2.24, 2.45) is 0 Å². The molecule has 0 aromatic heterocycles. The van der Waals surface area contributed by atoms with Crippen LogP contribution in [0.2, 0.25) is 0 Å². The molecule has 3 nitrogen and oxygen atoms in total. The molecule has 1 unspecified atom stereocenters. The summed E-state index contributed by atoms with van der Waals surface area (Å²) in [5, 5.41) is 0. The van der Waals surface area contributed by atoms with E-state index in [2.05, 4.69) is 4.74 Å². The van der Waals surface area contributed by atoms with Crippen LogP contribution in [0.1, 0.15) is 0 Å². The van der Waals surface area contributed by atoms with Crippen LogP contribution in [0.15, 0.2) is 24.3 Å². The molecule has 0 aliphatic carbocycles. The Morgan fingerprint density at radius 3 is 2.61 bits per heavy atom. The number of ether oxygens (including phenoxy) is 3. The average molecular weight is 266 g/mol. The number of benzene rings is 1. The van der Waals surface area contributed by atoms with Crippen molar-refractivity contribution < 1.29 is 31.8 Å². The molecule has 0 radical (unpaired) electrons. The molecule has 0 saturated heterocycles. The predicted octanol–water partition coefficient (Wildman–Crippen LogP) is 2.70. The monoisotopic (exact) mass is 266 g/mol. The number of fused-ring (bicyclic) bond motifs is 1. The lowest BCUT2D eigenvalue weighted by atomic mass is 10.3. The van der Waals surface area contributed by atoms with Crippen molar-refractivity contribution >= 4 is 0 Å². The highest BCUT2D eigenvalue weighted by molar-refractivity contribution is 5.40. The molecule has 2 rings (SSSR count). The van der Waals surface area contributed by atoms with E-state index in [4.69, 9.17) is 9.47 Å². The van der Waals surface area contributed by atoms with Crippen LogP contribution < -0.4 is 9.47 Å². The van der Waals surface area contributed by atoms with Gasteiger partial charge in [-0.25, -0.2) is 8.78 Å². The Bertz CT molecular complexity index is 411. The van der Waals surface area contributed by atoms with Crippen LogP contribution in [0.3, 0.4) is 0 Å². The number of hydrogen-bond acceptors (Lipinski definition) is 3. The van der Waals surface area contributed by atoms with Crippen LogP contribution in [0, 0.1) is 0 Å². The van der Waals surface area contributed by atoms with E-state index in [1.807, 2.05) is 0 Å². The molecule has 100 valence electrons. The average Bonchev–Trinajstić information content (AvgIpc) is 2.36. The van der Waals surface area contributed by atoms with Crippen LogP contribution in [-0.4, -0.2) is 31.9 Å². The molecule has 0 fully saturated rings. The van der Waals surface area contributed by atoms with Crippen molar-refractivity contribution in [1.29, 1.82) is 0 Å². The normalized spacial score (nSPS) is 19.1. The zero-order valence-corrected chi connectivity index (χ0v) is 9.11. The highest BCUT2D eigenvalue weighted by Gasteiger charge is 2.43. The largest absolute Gasteiger partial charge is 0.486 e. The summed E-state index contributed by atoms with van der Waals surface area (Å²) in [5.74, 6) is 0.854. The number of para-hydroxylation sites is 2. The zero-order chi connectivity index (χ0) is 13.2. The third-order valence-electron chi connectivity index (χ3n) is 2.28. The lowest BCUT2D eigenvalue weighted by Crippen LogP contribution is -2.39. The SMILES string of the molecule is FC(F)C(F)(F)OCC1COc2ccccc2O1. The number of rotatable bonds is 4. The van der Waals surface area contributed by atoms with Gasteiger partial charge in [-0.1, -0.05) is 12.1 Å². The molecule has 1 aliphatic heterocycles. The second-order valence-electron chi connectivity index (χ2n) is 3.67. The molecule has 0 N–H and O–H groups in total. The van der Waals surface area contributed by atoms with Gasteiger partial charge >= 0.3 is 12.5 Å². The van der Waals surface area contributed by atoms with Crippen molar-refractivity contribution in [3.63, 3.8) is 0 Å². The second-order valence-corrected chi connectivity index (χ2v) is 3.67. The molecule has 1 aliphatic rings. The smallest absolute Gasteiger partial charge is 0.416 e. The van der Waals surface area contributed by atoms with Gasteiger partial charge in [-0.2, -0.15) is 8.78 Å². The van der Waals surface area contributed by atoms with Gasteiger partial charge in [-0.05, 0) is 12.1 Å². The van der Waals surface area contributed by atoms with Crippen molar-refractivity contribution in [1.82, 2.24) is 0 Å². The molecule has 18 heavy (non-hydrogen) atoms. The van der Waals surface area contributed by atoms with Gasteiger partial charge in [0.05, 0.1) is 6.61 Å². The molecule has 0 saturated carbocycles. The number of halogens is 4. The van der Waals surface area contributed by atoms with Crippen LogP contribution in [0.4, 0.5) is 17.6 Å². The summed E-state index contributed by atoms with van der Waals surface area (Å²) in [6.07, 6.45) is -9.18. The minimum absolute atomic E-state index is 0.0314. The standard InChI is InChI=1S/C11H10F4O3/c12-10(13)11(14,15)17-6-7-5-16-8-3-1-2-4-9(8)18-7/h1-4,7,10H,5-6H2. The molecule has 1 aromatic carbocycles. The number of hydrogen-bond donors (Lipinski definition) is 0. The summed E-state index contributed by atoms with van der Waals surface area (Å²) in [6, 6.07) is 6.65. The minimum Gasteiger partial charge on any atom is -0.486 e. The molecule has 0 spiro atoms. The van der Waals surface area contributed by atoms with E-state index in [0.717, 1.165) is 0 Å². The first kappa shape index (κ1) is 12.9. The summed E-state index contributed by atoms with van der Waals surface area (Å²) < 4.78 is 63.1. The second kappa shape index (κ2) is 5.01. The van der Waals surface area contributed by atoms with E-state index < -0.39 is 25.2 Å². The Balaban J connectivity index is 1.91.